The van der Waals surface area contributed by atoms with Crippen LogP contribution in [0.2, 0.25) is 0 Å². The Hall–Kier alpha value is -0.970. The van der Waals surface area contributed by atoms with Gasteiger partial charge in [0.25, 0.3) is 0 Å². The van der Waals surface area contributed by atoms with Gasteiger partial charge in [-0.2, -0.15) is 13.2 Å². The van der Waals surface area contributed by atoms with Gasteiger partial charge in [0, 0.05) is 0 Å². The molecule has 0 saturated heterocycles. The van der Waals surface area contributed by atoms with E-state index in [2.05, 4.69) is 12.2 Å². The Morgan fingerprint density at radius 1 is 1.30 bits per heavy atom. The lowest BCUT2D eigenvalue weighted by molar-refractivity contribution is -0.184. The van der Waals surface area contributed by atoms with Crippen LogP contribution in [0.1, 0.15) is 50.8 Å². The van der Waals surface area contributed by atoms with Crippen LogP contribution in [0.5, 0.6) is 0 Å². The van der Waals surface area contributed by atoms with E-state index in [0.29, 0.717) is 12.8 Å². The fourth-order valence-corrected chi connectivity index (χ4v) is 3.05. The van der Waals surface area contributed by atoms with E-state index in [9.17, 15) is 13.2 Å². The van der Waals surface area contributed by atoms with Gasteiger partial charge in [-0.05, 0) is 56.7 Å². The molecule has 0 aromatic carbocycles. The topological polar surface area (TPSA) is 25.2 Å². The number of furan rings is 1. The maximum atomic E-state index is 12.7. The van der Waals surface area contributed by atoms with Crippen molar-refractivity contribution in [2.75, 3.05) is 6.54 Å². The summed E-state index contributed by atoms with van der Waals surface area (Å²) in [4.78, 5) is 0. The standard InChI is InChI=1S/C15H22F3NO/c1-2-9-19-14(13-4-3-10-20-13)11-5-7-12(8-6-11)15(16,17)18/h3-4,10-12,14,19H,2,5-9H2,1H3. The Bertz CT molecular complexity index is 380. The summed E-state index contributed by atoms with van der Waals surface area (Å²) in [5.74, 6) is -0.0533. The lowest BCUT2D eigenvalue weighted by Gasteiger charge is -2.34. The quantitative estimate of drug-likeness (QED) is 0.850. The average Bonchev–Trinajstić information content (AvgIpc) is 2.93. The fraction of sp³-hybridized carbons (Fsp3) is 0.733. The minimum absolute atomic E-state index is 0.0409. The molecule has 1 heterocycles. The fourth-order valence-electron chi connectivity index (χ4n) is 3.05. The van der Waals surface area contributed by atoms with Gasteiger partial charge in [0.15, 0.2) is 0 Å². The molecule has 0 amide bonds. The molecule has 1 aliphatic rings. The van der Waals surface area contributed by atoms with Crippen LogP contribution in [0, 0.1) is 11.8 Å². The molecule has 1 atom stereocenters. The summed E-state index contributed by atoms with van der Waals surface area (Å²) in [6, 6.07) is 3.78. The Morgan fingerprint density at radius 3 is 2.50 bits per heavy atom. The molecule has 114 valence electrons. The van der Waals surface area contributed by atoms with Gasteiger partial charge < -0.3 is 9.73 Å². The number of halogens is 3. The number of hydrogen-bond acceptors (Lipinski definition) is 2. The molecule has 0 aliphatic heterocycles. The van der Waals surface area contributed by atoms with Crippen molar-refractivity contribution in [2.45, 2.75) is 51.2 Å². The van der Waals surface area contributed by atoms with Gasteiger partial charge in [-0.1, -0.05) is 6.92 Å². The van der Waals surface area contributed by atoms with Gasteiger partial charge in [0.1, 0.15) is 5.76 Å². The van der Waals surface area contributed by atoms with E-state index in [1.54, 1.807) is 6.26 Å². The Balaban J connectivity index is 1.98. The SMILES string of the molecule is CCCNC(c1ccco1)C1CCC(C(F)(F)F)CC1. The molecule has 1 N–H and O–H groups in total. The largest absolute Gasteiger partial charge is 0.468 e. The van der Waals surface area contributed by atoms with E-state index in [4.69, 9.17) is 4.42 Å². The Labute approximate surface area is 117 Å². The van der Waals surface area contributed by atoms with Crippen LogP contribution in [0.4, 0.5) is 13.2 Å². The highest BCUT2D eigenvalue weighted by atomic mass is 19.4. The van der Waals surface area contributed by atoms with E-state index < -0.39 is 12.1 Å². The summed E-state index contributed by atoms with van der Waals surface area (Å²) in [7, 11) is 0. The van der Waals surface area contributed by atoms with Crippen molar-refractivity contribution >= 4 is 0 Å². The van der Waals surface area contributed by atoms with Crippen molar-refractivity contribution in [3.8, 4) is 0 Å². The average molecular weight is 289 g/mol. The van der Waals surface area contributed by atoms with Gasteiger partial charge in [0.2, 0.25) is 0 Å². The minimum Gasteiger partial charge on any atom is -0.468 e. The summed E-state index contributed by atoms with van der Waals surface area (Å²) in [5, 5.41) is 3.42. The summed E-state index contributed by atoms with van der Waals surface area (Å²) >= 11 is 0. The molecule has 1 aromatic rings. The number of hydrogen-bond donors (Lipinski definition) is 1. The van der Waals surface area contributed by atoms with E-state index in [0.717, 1.165) is 18.7 Å². The highest BCUT2D eigenvalue weighted by molar-refractivity contribution is 5.06. The summed E-state index contributed by atoms with van der Waals surface area (Å²) in [5.41, 5.74) is 0. The van der Waals surface area contributed by atoms with Crippen LogP contribution in [0.25, 0.3) is 0 Å². The number of alkyl halides is 3. The molecule has 1 aromatic heterocycles. The molecule has 1 aliphatic carbocycles. The Morgan fingerprint density at radius 2 is 2.00 bits per heavy atom. The first-order chi connectivity index (χ1) is 9.52. The zero-order chi connectivity index (χ0) is 14.6. The van der Waals surface area contributed by atoms with Crippen LogP contribution in [-0.4, -0.2) is 12.7 Å². The van der Waals surface area contributed by atoms with Crippen molar-refractivity contribution in [1.82, 2.24) is 5.32 Å². The normalized spacial score (nSPS) is 25.6. The third kappa shape index (κ3) is 3.78. The molecule has 0 bridgehead atoms. The van der Waals surface area contributed by atoms with Gasteiger partial charge in [0.05, 0.1) is 18.2 Å². The maximum absolute atomic E-state index is 12.7. The molecule has 5 heteroatoms. The van der Waals surface area contributed by atoms with Gasteiger partial charge in [-0.3, -0.25) is 0 Å². The molecular weight excluding hydrogens is 267 g/mol. The highest BCUT2D eigenvalue weighted by Gasteiger charge is 2.42. The first-order valence-corrected chi connectivity index (χ1v) is 7.36. The van der Waals surface area contributed by atoms with Crippen molar-refractivity contribution in [2.24, 2.45) is 11.8 Å². The van der Waals surface area contributed by atoms with Gasteiger partial charge in [-0.25, -0.2) is 0 Å². The Kier molecular flexibility index (Phi) is 5.13. The number of rotatable bonds is 5. The molecule has 0 radical (unpaired) electrons. The lowest BCUT2D eigenvalue weighted by Crippen LogP contribution is -2.34. The molecule has 2 rings (SSSR count). The molecule has 2 nitrogen and oxygen atoms in total. The summed E-state index contributed by atoms with van der Waals surface area (Å²) in [6.45, 7) is 2.93. The van der Waals surface area contributed by atoms with Crippen LogP contribution in [0.3, 0.4) is 0 Å². The minimum atomic E-state index is -4.04. The number of nitrogens with one attached hydrogen (secondary N) is 1. The van der Waals surface area contributed by atoms with E-state index in [-0.39, 0.29) is 24.8 Å². The van der Waals surface area contributed by atoms with E-state index in [1.165, 1.54) is 0 Å². The summed E-state index contributed by atoms with van der Waals surface area (Å²) in [6.07, 6.45) is 0.255. The molecular formula is C15H22F3NO. The van der Waals surface area contributed by atoms with Crippen molar-refractivity contribution in [3.05, 3.63) is 24.2 Å². The monoisotopic (exact) mass is 289 g/mol. The second kappa shape index (κ2) is 6.66. The lowest BCUT2D eigenvalue weighted by atomic mass is 9.77. The van der Waals surface area contributed by atoms with E-state index >= 15 is 0 Å². The van der Waals surface area contributed by atoms with Gasteiger partial charge in [-0.15, -0.1) is 0 Å². The maximum Gasteiger partial charge on any atom is 0.391 e. The smallest absolute Gasteiger partial charge is 0.391 e. The highest BCUT2D eigenvalue weighted by Crippen LogP contribution is 2.43. The summed E-state index contributed by atoms with van der Waals surface area (Å²) < 4.78 is 43.6. The van der Waals surface area contributed by atoms with E-state index in [1.807, 2.05) is 12.1 Å². The third-order valence-corrected chi connectivity index (χ3v) is 4.17. The molecule has 20 heavy (non-hydrogen) atoms. The zero-order valence-corrected chi connectivity index (χ0v) is 11.7. The predicted molar refractivity (Wildman–Crippen MR) is 71.2 cm³/mol. The molecule has 1 fully saturated rings. The van der Waals surface area contributed by atoms with Crippen molar-refractivity contribution in [3.63, 3.8) is 0 Å². The molecule has 1 unspecified atom stereocenters. The van der Waals surface area contributed by atoms with Crippen molar-refractivity contribution < 1.29 is 17.6 Å². The first-order valence-electron chi connectivity index (χ1n) is 7.36. The van der Waals surface area contributed by atoms with Crippen molar-refractivity contribution in [1.29, 1.82) is 0 Å². The van der Waals surface area contributed by atoms with Gasteiger partial charge >= 0.3 is 6.18 Å². The van der Waals surface area contributed by atoms with Crippen LogP contribution in [-0.2, 0) is 0 Å². The molecule has 1 saturated carbocycles. The van der Waals surface area contributed by atoms with Crippen LogP contribution < -0.4 is 5.32 Å². The predicted octanol–water partition coefficient (Wildman–Crippen LogP) is 4.69. The third-order valence-electron chi connectivity index (χ3n) is 4.17. The van der Waals surface area contributed by atoms with Crippen LogP contribution in [0.15, 0.2) is 22.8 Å². The first kappa shape index (κ1) is 15.4. The second-order valence-electron chi connectivity index (χ2n) is 5.60. The molecule has 0 spiro atoms. The second-order valence-corrected chi connectivity index (χ2v) is 5.60. The zero-order valence-electron chi connectivity index (χ0n) is 11.7. The van der Waals surface area contributed by atoms with Crippen LogP contribution >= 0.6 is 0 Å².